The van der Waals surface area contributed by atoms with Gasteiger partial charge in [-0.15, -0.1) is 0 Å². The van der Waals surface area contributed by atoms with E-state index < -0.39 is 0 Å². The second-order valence-electron chi connectivity index (χ2n) is 5.17. The Hall–Kier alpha value is -1.75. The Bertz CT molecular complexity index is 445. The van der Waals surface area contributed by atoms with E-state index >= 15 is 0 Å². The van der Waals surface area contributed by atoms with Crippen LogP contribution in [0.2, 0.25) is 0 Å². The van der Waals surface area contributed by atoms with Crippen LogP contribution in [0.1, 0.15) is 25.7 Å². The van der Waals surface area contributed by atoms with E-state index in [1.165, 1.54) is 0 Å². The van der Waals surface area contributed by atoms with E-state index in [1.54, 1.807) is 7.11 Å². The van der Waals surface area contributed by atoms with Crippen molar-refractivity contribution in [3.8, 4) is 11.5 Å². The molecule has 1 saturated heterocycles. The average Bonchev–Trinajstić information content (AvgIpc) is 2.55. The second kappa shape index (κ2) is 8.52. The molecule has 2 N–H and O–H groups in total. The highest BCUT2D eigenvalue weighted by molar-refractivity contribution is 5.81. The van der Waals surface area contributed by atoms with Crippen LogP contribution >= 0.6 is 0 Å². The number of hydrogen-bond donors (Lipinski definition) is 2. The van der Waals surface area contributed by atoms with Gasteiger partial charge in [-0.25, -0.2) is 0 Å². The van der Waals surface area contributed by atoms with Gasteiger partial charge in [0.15, 0.2) is 0 Å². The Morgan fingerprint density at radius 1 is 1.38 bits per heavy atom. The number of rotatable bonds is 7. The fourth-order valence-electron chi connectivity index (χ4n) is 2.36. The summed E-state index contributed by atoms with van der Waals surface area (Å²) in [4.78, 5) is 11.9. The van der Waals surface area contributed by atoms with Crippen LogP contribution in [0, 0.1) is 0 Å². The molecule has 1 atom stereocenters. The number of piperidine rings is 1. The molecule has 21 heavy (non-hydrogen) atoms. The van der Waals surface area contributed by atoms with Crippen LogP contribution in [-0.4, -0.2) is 38.8 Å². The van der Waals surface area contributed by atoms with Crippen molar-refractivity contribution in [2.75, 3.05) is 26.8 Å². The van der Waals surface area contributed by atoms with Crippen molar-refractivity contribution >= 4 is 5.91 Å². The maximum atomic E-state index is 11.9. The molecule has 0 spiro atoms. The number of benzene rings is 1. The number of amides is 1. The SMILES string of the molecule is COc1cccc(OCCCNC(=O)[C@@H]2CCCCN2)c1. The lowest BCUT2D eigenvalue weighted by atomic mass is 10.0. The standard InChI is InChI=1S/C16H24N2O3/c1-20-13-6-4-7-14(12-13)21-11-5-10-18-16(19)15-8-2-3-9-17-15/h4,6-7,12,15,17H,2-3,5,8-11H2,1H3,(H,18,19)/t15-/m0/s1. The summed E-state index contributed by atoms with van der Waals surface area (Å²) < 4.78 is 10.8. The number of nitrogens with one attached hydrogen (secondary N) is 2. The van der Waals surface area contributed by atoms with Crippen molar-refractivity contribution in [2.45, 2.75) is 31.7 Å². The van der Waals surface area contributed by atoms with Crippen LogP contribution in [0.25, 0.3) is 0 Å². The van der Waals surface area contributed by atoms with Crippen LogP contribution in [0.15, 0.2) is 24.3 Å². The van der Waals surface area contributed by atoms with Gasteiger partial charge in [0.1, 0.15) is 11.5 Å². The maximum absolute atomic E-state index is 11.9. The fraction of sp³-hybridized carbons (Fsp3) is 0.562. The minimum absolute atomic E-state index is 0.0157. The summed E-state index contributed by atoms with van der Waals surface area (Å²) in [5, 5.41) is 6.20. The zero-order valence-electron chi connectivity index (χ0n) is 12.6. The molecule has 1 aromatic carbocycles. The highest BCUT2D eigenvalue weighted by Crippen LogP contribution is 2.18. The minimum atomic E-state index is -0.0157. The molecule has 5 nitrogen and oxygen atoms in total. The lowest BCUT2D eigenvalue weighted by molar-refractivity contribution is -0.123. The first-order chi connectivity index (χ1) is 10.3. The third-order valence-electron chi connectivity index (χ3n) is 3.56. The molecule has 1 fully saturated rings. The van der Waals surface area contributed by atoms with E-state index in [0.29, 0.717) is 13.2 Å². The number of carbonyl (C=O) groups is 1. The van der Waals surface area contributed by atoms with Gasteiger partial charge in [-0.3, -0.25) is 4.79 Å². The molecule has 0 saturated carbocycles. The van der Waals surface area contributed by atoms with Gasteiger partial charge in [0.2, 0.25) is 5.91 Å². The van der Waals surface area contributed by atoms with Gasteiger partial charge in [-0.1, -0.05) is 12.5 Å². The first-order valence-corrected chi connectivity index (χ1v) is 7.57. The topological polar surface area (TPSA) is 59.6 Å². The number of hydrogen-bond acceptors (Lipinski definition) is 4. The molecule has 1 amide bonds. The van der Waals surface area contributed by atoms with Crippen LogP contribution in [-0.2, 0) is 4.79 Å². The fourth-order valence-corrected chi connectivity index (χ4v) is 2.36. The van der Waals surface area contributed by atoms with Crippen molar-refractivity contribution in [3.05, 3.63) is 24.3 Å². The Kier molecular flexibility index (Phi) is 6.34. The van der Waals surface area contributed by atoms with E-state index in [2.05, 4.69) is 10.6 Å². The number of ether oxygens (including phenoxy) is 2. The molecule has 5 heteroatoms. The van der Waals surface area contributed by atoms with E-state index in [9.17, 15) is 4.79 Å². The van der Waals surface area contributed by atoms with Crippen LogP contribution < -0.4 is 20.1 Å². The minimum Gasteiger partial charge on any atom is -0.497 e. The molecule has 0 aliphatic carbocycles. The first-order valence-electron chi connectivity index (χ1n) is 7.57. The van der Waals surface area contributed by atoms with Crippen molar-refractivity contribution in [1.82, 2.24) is 10.6 Å². The first kappa shape index (κ1) is 15.6. The summed E-state index contributed by atoms with van der Waals surface area (Å²) in [5.74, 6) is 1.68. The van der Waals surface area contributed by atoms with Crippen molar-refractivity contribution < 1.29 is 14.3 Å². The maximum Gasteiger partial charge on any atom is 0.237 e. The molecule has 0 aromatic heterocycles. The predicted molar refractivity (Wildman–Crippen MR) is 81.8 cm³/mol. The van der Waals surface area contributed by atoms with Crippen molar-refractivity contribution in [3.63, 3.8) is 0 Å². The van der Waals surface area contributed by atoms with E-state index in [4.69, 9.17) is 9.47 Å². The summed E-state index contributed by atoms with van der Waals surface area (Å²) in [6.45, 7) is 2.16. The van der Waals surface area contributed by atoms with Gasteiger partial charge in [0.25, 0.3) is 0 Å². The zero-order chi connectivity index (χ0) is 14.9. The Morgan fingerprint density at radius 3 is 3.00 bits per heavy atom. The van der Waals surface area contributed by atoms with Crippen LogP contribution in [0.3, 0.4) is 0 Å². The van der Waals surface area contributed by atoms with E-state index in [0.717, 1.165) is 43.7 Å². The van der Waals surface area contributed by atoms with Gasteiger partial charge in [-0.05, 0) is 37.9 Å². The lowest BCUT2D eigenvalue weighted by Crippen LogP contribution is -2.46. The lowest BCUT2D eigenvalue weighted by Gasteiger charge is -2.22. The second-order valence-corrected chi connectivity index (χ2v) is 5.17. The third kappa shape index (κ3) is 5.27. The average molecular weight is 292 g/mol. The van der Waals surface area contributed by atoms with Gasteiger partial charge >= 0.3 is 0 Å². The molecule has 0 bridgehead atoms. The summed E-state index contributed by atoms with van der Waals surface area (Å²) in [7, 11) is 1.63. The molecule has 116 valence electrons. The quantitative estimate of drug-likeness (QED) is 0.751. The highest BCUT2D eigenvalue weighted by atomic mass is 16.5. The van der Waals surface area contributed by atoms with Gasteiger partial charge in [0.05, 0.1) is 19.8 Å². The monoisotopic (exact) mass is 292 g/mol. The molecule has 1 aromatic rings. The van der Waals surface area contributed by atoms with E-state index in [1.807, 2.05) is 24.3 Å². The van der Waals surface area contributed by atoms with E-state index in [-0.39, 0.29) is 11.9 Å². The smallest absolute Gasteiger partial charge is 0.237 e. The molecular weight excluding hydrogens is 268 g/mol. The summed E-state index contributed by atoms with van der Waals surface area (Å²) in [6, 6.07) is 7.50. The Labute approximate surface area is 126 Å². The van der Waals surface area contributed by atoms with Gasteiger partial charge < -0.3 is 20.1 Å². The van der Waals surface area contributed by atoms with Crippen molar-refractivity contribution in [2.24, 2.45) is 0 Å². The molecule has 2 rings (SSSR count). The Morgan fingerprint density at radius 2 is 2.24 bits per heavy atom. The third-order valence-corrected chi connectivity index (χ3v) is 3.56. The summed E-state index contributed by atoms with van der Waals surface area (Å²) in [5.41, 5.74) is 0. The summed E-state index contributed by atoms with van der Waals surface area (Å²) >= 11 is 0. The van der Waals surface area contributed by atoms with Gasteiger partial charge in [-0.2, -0.15) is 0 Å². The molecule has 0 radical (unpaired) electrons. The largest absolute Gasteiger partial charge is 0.497 e. The normalized spacial score (nSPS) is 18.0. The molecule has 1 aliphatic heterocycles. The van der Waals surface area contributed by atoms with Crippen molar-refractivity contribution in [1.29, 1.82) is 0 Å². The highest BCUT2D eigenvalue weighted by Gasteiger charge is 2.19. The van der Waals surface area contributed by atoms with Gasteiger partial charge in [0, 0.05) is 12.6 Å². The Balaban J connectivity index is 1.60. The molecule has 1 aliphatic rings. The van der Waals surface area contributed by atoms with Crippen LogP contribution in [0.5, 0.6) is 11.5 Å². The molecule has 0 unspecified atom stereocenters. The zero-order valence-corrected chi connectivity index (χ0v) is 12.6. The molecule has 1 heterocycles. The number of carbonyl (C=O) groups excluding carboxylic acids is 1. The van der Waals surface area contributed by atoms with Crippen LogP contribution in [0.4, 0.5) is 0 Å². The molecular formula is C16H24N2O3. The summed E-state index contributed by atoms with van der Waals surface area (Å²) in [6.07, 6.45) is 4.02. The predicted octanol–water partition coefficient (Wildman–Crippen LogP) is 1.72. The number of methoxy groups -OCH3 is 1.